The molecule has 0 aromatic heterocycles. The van der Waals surface area contributed by atoms with Crippen molar-refractivity contribution in [3.63, 3.8) is 0 Å². The first-order valence-corrected chi connectivity index (χ1v) is 6.29. The van der Waals surface area contributed by atoms with E-state index in [9.17, 15) is 9.90 Å². The molecule has 1 heterocycles. The number of amides is 1. The number of methoxy groups -OCH3 is 1. The number of nitrogens with zero attached hydrogens (tertiary/aromatic N) is 1. The van der Waals surface area contributed by atoms with Gasteiger partial charge in [-0.25, -0.2) is 0 Å². The van der Waals surface area contributed by atoms with Gasteiger partial charge >= 0.3 is 0 Å². The summed E-state index contributed by atoms with van der Waals surface area (Å²) < 4.78 is 5.17. The second-order valence-corrected chi connectivity index (χ2v) is 4.76. The molecule has 5 heteroatoms. The van der Waals surface area contributed by atoms with Crippen molar-refractivity contribution in [2.75, 3.05) is 20.2 Å². The number of ether oxygens (including phenoxy) is 1. The van der Waals surface area contributed by atoms with Crippen LogP contribution in [0.5, 0.6) is 5.75 Å². The maximum absolute atomic E-state index is 11.5. The van der Waals surface area contributed by atoms with Gasteiger partial charge in [0.2, 0.25) is 5.91 Å². The van der Waals surface area contributed by atoms with E-state index in [2.05, 4.69) is 0 Å². The molecule has 98 valence electrons. The number of aliphatic hydroxyl groups excluding tert-OH is 1. The highest BCUT2D eigenvalue weighted by Crippen LogP contribution is 2.30. The molecule has 2 rings (SSSR count). The second kappa shape index (κ2) is 5.59. The van der Waals surface area contributed by atoms with E-state index in [-0.39, 0.29) is 5.91 Å². The standard InChI is InChI=1S/C13H16ClNO3/c1-18-12-4-2-9(14)8-10(12)11(16)3-5-13(17)15-6-7-15/h2,4,8,11,16H,3,5-7H2,1H3. The summed E-state index contributed by atoms with van der Waals surface area (Å²) in [5.41, 5.74) is 0.628. The van der Waals surface area contributed by atoms with E-state index in [0.717, 1.165) is 13.1 Å². The van der Waals surface area contributed by atoms with Crippen molar-refractivity contribution >= 4 is 17.5 Å². The SMILES string of the molecule is COc1ccc(Cl)cc1C(O)CCC(=O)N1CC1. The van der Waals surface area contributed by atoms with Crippen LogP contribution in [-0.4, -0.2) is 36.1 Å². The smallest absolute Gasteiger partial charge is 0.222 e. The maximum atomic E-state index is 11.5. The predicted molar refractivity (Wildman–Crippen MR) is 68.8 cm³/mol. The van der Waals surface area contributed by atoms with Gasteiger partial charge in [-0.3, -0.25) is 4.79 Å². The first-order valence-electron chi connectivity index (χ1n) is 5.91. The Morgan fingerprint density at radius 3 is 2.89 bits per heavy atom. The van der Waals surface area contributed by atoms with Crippen LogP contribution in [0.15, 0.2) is 18.2 Å². The number of carbonyl (C=O) groups excluding carboxylic acids is 1. The lowest BCUT2D eigenvalue weighted by molar-refractivity contribution is -0.126. The van der Waals surface area contributed by atoms with Crippen LogP contribution >= 0.6 is 11.6 Å². The van der Waals surface area contributed by atoms with Crippen LogP contribution in [0.1, 0.15) is 24.5 Å². The van der Waals surface area contributed by atoms with E-state index < -0.39 is 6.10 Å². The summed E-state index contributed by atoms with van der Waals surface area (Å²) in [6, 6.07) is 5.09. The van der Waals surface area contributed by atoms with E-state index in [0.29, 0.717) is 29.2 Å². The quantitative estimate of drug-likeness (QED) is 0.832. The molecule has 1 unspecified atom stereocenters. The van der Waals surface area contributed by atoms with Gasteiger partial charge in [0.15, 0.2) is 0 Å². The van der Waals surface area contributed by atoms with Gasteiger partial charge in [0.1, 0.15) is 5.75 Å². The highest BCUT2D eigenvalue weighted by atomic mass is 35.5. The maximum Gasteiger partial charge on any atom is 0.222 e. The Kier molecular flexibility index (Phi) is 4.09. The minimum absolute atomic E-state index is 0.0926. The summed E-state index contributed by atoms with van der Waals surface area (Å²) in [7, 11) is 1.54. The molecule has 1 atom stereocenters. The highest BCUT2D eigenvalue weighted by Gasteiger charge is 2.24. The molecule has 0 bridgehead atoms. The van der Waals surface area contributed by atoms with Gasteiger partial charge in [-0.05, 0) is 24.6 Å². The molecule has 0 spiro atoms. The summed E-state index contributed by atoms with van der Waals surface area (Å²) >= 11 is 5.90. The Morgan fingerprint density at radius 1 is 1.56 bits per heavy atom. The molecule has 1 aliphatic rings. The number of aliphatic hydroxyl groups is 1. The molecule has 1 aliphatic heterocycles. The minimum Gasteiger partial charge on any atom is -0.496 e. The first kappa shape index (κ1) is 13.2. The molecule has 1 fully saturated rings. The van der Waals surface area contributed by atoms with Crippen LogP contribution in [0.2, 0.25) is 5.02 Å². The lowest BCUT2D eigenvalue weighted by Crippen LogP contribution is -2.12. The molecule has 1 aromatic carbocycles. The predicted octanol–water partition coefficient (Wildman–Crippen LogP) is 2.00. The number of hydrogen-bond donors (Lipinski definition) is 1. The van der Waals surface area contributed by atoms with Crippen LogP contribution in [0.3, 0.4) is 0 Å². The largest absolute Gasteiger partial charge is 0.496 e. The summed E-state index contributed by atoms with van der Waals surface area (Å²) in [6.07, 6.45) is -0.00868. The molecule has 1 amide bonds. The van der Waals surface area contributed by atoms with E-state index in [4.69, 9.17) is 16.3 Å². The van der Waals surface area contributed by atoms with Crippen molar-refractivity contribution in [2.45, 2.75) is 18.9 Å². The van der Waals surface area contributed by atoms with Gasteiger partial charge in [-0.15, -0.1) is 0 Å². The van der Waals surface area contributed by atoms with E-state index >= 15 is 0 Å². The molecule has 1 N–H and O–H groups in total. The Labute approximate surface area is 111 Å². The fourth-order valence-corrected chi connectivity index (χ4v) is 2.02. The Balaban J connectivity index is 2.00. The fraction of sp³-hybridized carbons (Fsp3) is 0.462. The minimum atomic E-state index is -0.734. The number of rotatable bonds is 5. The lowest BCUT2D eigenvalue weighted by atomic mass is 10.0. The van der Waals surface area contributed by atoms with Crippen molar-refractivity contribution in [1.82, 2.24) is 4.90 Å². The average Bonchev–Trinajstić information content (AvgIpc) is 3.19. The number of carbonyl (C=O) groups is 1. The first-order chi connectivity index (χ1) is 8.61. The Bertz CT molecular complexity index is 446. The van der Waals surface area contributed by atoms with Crippen molar-refractivity contribution < 1.29 is 14.6 Å². The van der Waals surface area contributed by atoms with Crippen LogP contribution in [0, 0.1) is 0 Å². The third-order valence-corrected chi connectivity index (χ3v) is 3.22. The second-order valence-electron chi connectivity index (χ2n) is 4.32. The van der Waals surface area contributed by atoms with Crippen LogP contribution in [0.25, 0.3) is 0 Å². The van der Waals surface area contributed by atoms with Crippen molar-refractivity contribution in [3.05, 3.63) is 28.8 Å². The molecule has 1 aromatic rings. The molecule has 18 heavy (non-hydrogen) atoms. The van der Waals surface area contributed by atoms with Crippen LogP contribution in [-0.2, 0) is 4.79 Å². The zero-order chi connectivity index (χ0) is 13.1. The van der Waals surface area contributed by atoms with Gasteiger partial charge in [0.05, 0.1) is 13.2 Å². The third kappa shape index (κ3) is 3.15. The summed E-state index contributed by atoms with van der Waals surface area (Å²) in [5, 5.41) is 10.6. The molecule has 4 nitrogen and oxygen atoms in total. The number of halogens is 1. The van der Waals surface area contributed by atoms with Crippen molar-refractivity contribution in [3.8, 4) is 5.75 Å². The fourth-order valence-electron chi connectivity index (χ4n) is 1.84. The normalized spacial score (nSPS) is 15.4. The van der Waals surface area contributed by atoms with E-state index in [1.165, 1.54) is 0 Å². The van der Waals surface area contributed by atoms with Gasteiger partial charge < -0.3 is 14.7 Å². The topological polar surface area (TPSA) is 49.5 Å². The van der Waals surface area contributed by atoms with Crippen LogP contribution in [0.4, 0.5) is 0 Å². The molecule has 0 radical (unpaired) electrons. The summed E-state index contributed by atoms with van der Waals surface area (Å²) in [5.74, 6) is 0.682. The van der Waals surface area contributed by atoms with Crippen molar-refractivity contribution in [2.24, 2.45) is 0 Å². The zero-order valence-electron chi connectivity index (χ0n) is 10.2. The zero-order valence-corrected chi connectivity index (χ0v) is 11.0. The lowest BCUT2D eigenvalue weighted by Gasteiger charge is -2.15. The van der Waals surface area contributed by atoms with Crippen LogP contribution < -0.4 is 4.74 Å². The van der Waals surface area contributed by atoms with E-state index in [1.54, 1.807) is 30.2 Å². The summed E-state index contributed by atoms with van der Waals surface area (Å²) in [4.78, 5) is 13.3. The Hall–Kier alpha value is -1.26. The molecular formula is C13H16ClNO3. The van der Waals surface area contributed by atoms with E-state index in [1.807, 2.05) is 0 Å². The monoisotopic (exact) mass is 269 g/mol. The van der Waals surface area contributed by atoms with Gasteiger partial charge in [-0.2, -0.15) is 0 Å². The molecule has 0 saturated carbocycles. The van der Waals surface area contributed by atoms with Gasteiger partial charge in [-0.1, -0.05) is 11.6 Å². The molecular weight excluding hydrogens is 254 g/mol. The number of benzene rings is 1. The third-order valence-electron chi connectivity index (χ3n) is 2.98. The Morgan fingerprint density at radius 2 is 2.28 bits per heavy atom. The molecule has 0 aliphatic carbocycles. The summed E-state index contributed by atoms with van der Waals surface area (Å²) in [6.45, 7) is 1.69. The van der Waals surface area contributed by atoms with Crippen molar-refractivity contribution in [1.29, 1.82) is 0 Å². The molecule has 1 saturated heterocycles. The van der Waals surface area contributed by atoms with Gasteiger partial charge in [0, 0.05) is 30.1 Å². The highest BCUT2D eigenvalue weighted by molar-refractivity contribution is 6.30. The number of hydrogen-bond acceptors (Lipinski definition) is 3. The van der Waals surface area contributed by atoms with Gasteiger partial charge in [0.25, 0.3) is 0 Å². The average molecular weight is 270 g/mol.